The van der Waals surface area contributed by atoms with Crippen molar-refractivity contribution in [3.05, 3.63) is 78.5 Å². The third-order valence-electron chi connectivity index (χ3n) is 5.86. The van der Waals surface area contributed by atoms with Gasteiger partial charge < -0.3 is 9.47 Å². The largest absolute Gasteiger partial charge is 0.465 e. The lowest BCUT2D eigenvalue weighted by molar-refractivity contribution is -0.139. The molecule has 8 heteroatoms. The molecule has 4 rings (SSSR count). The average molecular weight is 467 g/mol. The normalized spacial score (nSPS) is 20.3. The van der Waals surface area contributed by atoms with Gasteiger partial charge in [-0.1, -0.05) is 41.7 Å². The van der Waals surface area contributed by atoms with E-state index in [4.69, 9.17) is 9.47 Å². The number of fused-ring (bicyclic) bond motifs is 1. The Morgan fingerprint density at radius 3 is 2.61 bits per heavy atom. The number of allylic oxidation sites excluding steroid dienone is 3. The Bertz CT molecular complexity index is 1310. The maximum atomic E-state index is 13.5. The van der Waals surface area contributed by atoms with E-state index in [1.807, 2.05) is 6.08 Å². The van der Waals surface area contributed by atoms with Crippen molar-refractivity contribution in [1.82, 2.24) is 4.57 Å². The summed E-state index contributed by atoms with van der Waals surface area (Å²) in [6, 6.07) is 6.03. The lowest BCUT2D eigenvalue weighted by Gasteiger charge is -2.24. The number of hydrogen-bond acceptors (Lipinski definition) is 7. The third-order valence-corrected chi connectivity index (χ3v) is 6.86. The second-order valence-electron chi connectivity index (χ2n) is 7.98. The average Bonchev–Trinajstić information content (AvgIpc) is 3.13. The van der Waals surface area contributed by atoms with Crippen molar-refractivity contribution >= 4 is 29.4 Å². The standard InChI is InChI=1S/C25H26N2O5S/c1-4-32-24(30)20-15(2)26-25-27(21(20)17-10-12-18(13-11-17)23(29)31-3)22(28)19(33-25)14-16-8-6-5-7-9-16/h5-6,10-14,16,21H,4,7-9H2,1-3H3. The zero-order chi connectivity index (χ0) is 23.5. The van der Waals surface area contributed by atoms with Crippen LogP contribution in [-0.2, 0) is 14.3 Å². The smallest absolute Gasteiger partial charge is 0.338 e. The van der Waals surface area contributed by atoms with Gasteiger partial charge >= 0.3 is 11.9 Å². The minimum atomic E-state index is -0.694. The number of nitrogens with zero attached hydrogens (tertiary/aromatic N) is 2. The molecule has 0 spiro atoms. The van der Waals surface area contributed by atoms with Crippen LogP contribution >= 0.6 is 11.3 Å². The predicted molar refractivity (Wildman–Crippen MR) is 126 cm³/mol. The topological polar surface area (TPSA) is 87.0 Å². The minimum absolute atomic E-state index is 0.176. The van der Waals surface area contributed by atoms with Crippen molar-refractivity contribution in [3.8, 4) is 0 Å². The van der Waals surface area contributed by atoms with E-state index >= 15 is 0 Å². The van der Waals surface area contributed by atoms with E-state index < -0.39 is 18.0 Å². The molecule has 0 fully saturated rings. The van der Waals surface area contributed by atoms with Crippen molar-refractivity contribution in [2.24, 2.45) is 10.9 Å². The molecule has 172 valence electrons. The van der Waals surface area contributed by atoms with E-state index in [1.54, 1.807) is 42.7 Å². The Labute approximate surface area is 195 Å². The first-order chi connectivity index (χ1) is 15.9. The van der Waals surface area contributed by atoms with Crippen LogP contribution < -0.4 is 14.9 Å². The van der Waals surface area contributed by atoms with Gasteiger partial charge in [-0.3, -0.25) is 9.36 Å². The molecule has 0 bridgehead atoms. The van der Waals surface area contributed by atoms with Gasteiger partial charge in [0.15, 0.2) is 4.80 Å². The summed E-state index contributed by atoms with van der Waals surface area (Å²) in [5.74, 6) is -0.656. The molecule has 1 aromatic heterocycles. The highest BCUT2D eigenvalue weighted by molar-refractivity contribution is 7.07. The minimum Gasteiger partial charge on any atom is -0.465 e. The van der Waals surface area contributed by atoms with Crippen LogP contribution in [0.3, 0.4) is 0 Å². The molecule has 1 aromatic carbocycles. The van der Waals surface area contributed by atoms with E-state index in [0.717, 1.165) is 19.3 Å². The number of hydrogen-bond donors (Lipinski definition) is 0. The van der Waals surface area contributed by atoms with Crippen molar-refractivity contribution in [2.45, 2.75) is 39.2 Å². The lowest BCUT2D eigenvalue weighted by Crippen LogP contribution is -2.40. The zero-order valence-electron chi connectivity index (χ0n) is 18.9. The van der Waals surface area contributed by atoms with Crippen molar-refractivity contribution in [1.29, 1.82) is 0 Å². The van der Waals surface area contributed by atoms with Crippen molar-refractivity contribution in [2.75, 3.05) is 13.7 Å². The van der Waals surface area contributed by atoms with E-state index in [9.17, 15) is 14.4 Å². The second kappa shape index (κ2) is 9.70. The first kappa shape index (κ1) is 22.9. The van der Waals surface area contributed by atoms with E-state index in [0.29, 0.717) is 37.6 Å². The van der Waals surface area contributed by atoms with Crippen LogP contribution in [0.5, 0.6) is 0 Å². The number of ether oxygens (including phenoxy) is 2. The molecular formula is C25H26N2O5S. The molecule has 0 N–H and O–H groups in total. The maximum Gasteiger partial charge on any atom is 0.338 e. The number of benzene rings is 1. The van der Waals surface area contributed by atoms with Gasteiger partial charge in [0.2, 0.25) is 0 Å². The van der Waals surface area contributed by atoms with Gasteiger partial charge in [0.1, 0.15) is 0 Å². The summed E-state index contributed by atoms with van der Waals surface area (Å²) in [4.78, 5) is 43.5. The van der Waals surface area contributed by atoms with Crippen LogP contribution in [0.2, 0.25) is 0 Å². The van der Waals surface area contributed by atoms with Gasteiger partial charge in [0.05, 0.1) is 41.1 Å². The molecule has 2 aliphatic rings. The molecular weight excluding hydrogens is 440 g/mol. The van der Waals surface area contributed by atoms with Crippen LogP contribution in [0, 0.1) is 5.92 Å². The highest BCUT2D eigenvalue weighted by Gasteiger charge is 2.33. The summed E-state index contributed by atoms with van der Waals surface area (Å²) in [7, 11) is 1.32. The number of carbonyl (C=O) groups is 2. The Morgan fingerprint density at radius 2 is 1.97 bits per heavy atom. The van der Waals surface area contributed by atoms with Gasteiger partial charge in [-0.25, -0.2) is 14.6 Å². The zero-order valence-corrected chi connectivity index (χ0v) is 19.7. The quantitative estimate of drug-likeness (QED) is 0.500. The second-order valence-corrected chi connectivity index (χ2v) is 8.99. The summed E-state index contributed by atoms with van der Waals surface area (Å²) in [6.07, 6.45) is 9.27. The summed E-state index contributed by atoms with van der Waals surface area (Å²) < 4.78 is 12.3. The van der Waals surface area contributed by atoms with Crippen molar-refractivity contribution in [3.63, 3.8) is 0 Å². The highest BCUT2D eigenvalue weighted by Crippen LogP contribution is 2.31. The van der Waals surface area contributed by atoms with Gasteiger partial charge in [0.25, 0.3) is 5.56 Å². The molecule has 33 heavy (non-hydrogen) atoms. The summed E-state index contributed by atoms with van der Waals surface area (Å²) in [5, 5.41) is 0. The SMILES string of the molecule is CCOC(=O)C1=C(C)N=c2sc(=CC3CC=CCC3)c(=O)n2C1c1ccc(C(=O)OC)cc1. The number of rotatable bonds is 5. The molecule has 1 aliphatic heterocycles. The molecule has 0 saturated carbocycles. The van der Waals surface area contributed by atoms with Crippen LogP contribution in [-0.4, -0.2) is 30.2 Å². The summed E-state index contributed by atoms with van der Waals surface area (Å²) in [5.41, 5.74) is 1.74. The molecule has 0 saturated heterocycles. The number of thiazole rings is 1. The van der Waals surface area contributed by atoms with Gasteiger partial charge in [-0.15, -0.1) is 0 Å². The maximum absolute atomic E-state index is 13.5. The molecule has 2 heterocycles. The summed E-state index contributed by atoms with van der Waals surface area (Å²) in [6.45, 7) is 3.70. The van der Waals surface area contributed by atoms with Crippen LogP contribution in [0.1, 0.15) is 55.1 Å². The first-order valence-corrected chi connectivity index (χ1v) is 11.8. The predicted octanol–water partition coefficient (Wildman–Crippen LogP) is 2.89. The molecule has 2 atom stereocenters. The Balaban J connectivity index is 1.87. The first-order valence-electron chi connectivity index (χ1n) is 11.0. The van der Waals surface area contributed by atoms with Crippen LogP contribution in [0.25, 0.3) is 6.08 Å². The number of aromatic nitrogens is 1. The van der Waals surface area contributed by atoms with E-state index in [2.05, 4.69) is 17.1 Å². The molecule has 2 aromatic rings. The lowest BCUT2D eigenvalue weighted by atomic mass is 9.94. The van der Waals surface area contributed by atoms with E-state index in [1.165, 1.54) is 18.4 Å². The molecule has 7 nitrogen and oxygen atoms in total. The molecule has 0 radical (unpaired) electrons. The fraction of sp³-hybridized carbons (Fsp3) is 0.360. The fourth-order valence-corrected chi connectivity index (χ4v) is 5.33. The van der Waals surface area contributed by atoms with Crippen LogP contribution in [0.4, 0.5) is 0 Å². The molecule has 1 aliphatic carbocycles. The number of esters is 2. The number of methoxy groups -OCH3 is 1. The molecule has 0 amide bonds. The fourth-order valence-electron chi connectivity index (χ4n) is 4.22. The Morgan fingerprint density at radius 1 is 1.21 bits per heavy atom. The van der Waals surface area contributed by atoms with Crippen LogP contribution in [0.15, 0.2) is 57.5 Å². The monoisotopic (exact) mass is 466 g/mol. The van der Waals surface area contributed by atoms with Crippen molar-refractivity contribution < 1.29 is 19.1 Å². The number of carbonyl (C=O) groups excluding carboxylic acids is 2. The third kappa shape index (κ3) is 4.48. The molecule has 2 unspecified atom stereocenters. The van der Waals surface area contributed by atoms with E-state index in [-0.39, 0.29) is 12.2 Å². The van der Waals surface area contributed by atoms with Gasteiger partial charge in [-0.2, -0.15) is 0 Å². The van der Waals surface area contributed by atoms with Gasteiger partial charge in [0, 0.05) is 0 Å². The summed E-state index contributed by atoms with van der Waals surface area (Å²) >= 11 is 1.34. The van der Waals surface area contributed by atoms with Gasteiger partial charge in [-0.05, 0) is 56.7 Å². The highest BCUT2D eigenvalue weighted by atomic mass is 32.1. The Hall–Kier alpha value is -3.26. The Kier molecular flexibility index (Phi) is 6.74.